The molecule has 0 saturated heterocycles. The van der Waals surface area contributed by atoms with E-state index in [1.54, 1.807) is 0 Å². The zero-order valence-corrected chi connectivity index (χ0v) is 21.2. The Hall–Kier alpha value is -3.57. The van der Waals surface area contributed by atoms with Crippen molar-refractivity contribution in [2.45, 2.75) is 51.0 Å². The largest absolute Gasteiger partial charge is 0.481 e. The summed E-state index contributed by atoms with van der Waals surface area (Å²) in [5.41, 5.74) is 6.27. The van der Waals surface area contributed by atoms with Gasteiger partial charge in [-0.15, -0.1) is 0 Å². The molecule has 1 aliphatic rings. The van der Waals surface area contributed by atoms with Gasteiger partial charge in [0.25, 0.3) is 0 Å². The lowest BCUT2D eigenvalue weighted by atomic mass is 9.93. The zero-order valence-electron chi connectivity index (χ0n) is 20.4. The summed E-state index contributed by atoms with van der Waals surface area (Å²) in [5.74, 6) is -0.00413. The van der Waals surface area contributed by atoms with Gasteiger partial charge in [0, 0.05) is 16.6 Å². The van der Waals surface area contributed by atoms with E-state index in [-0.39, 0.29) is 6.04 Å². The maximum absolute atomic E-state index is 11.6. The number of carbonyl (C=O) groups is 1. The van der Waals surface area contributed by atoms with Gasteiger partial charge in [0.15, 0.2) is 5.76 Å². The van der Waals surface area contributed by atoms with E-state index in [1.807, 2.05) is 55.5 Å². The molecular weight excluding hydrogens is 472 g/mol. The smallest absolute Gasteiger partial charge is 0.314 e. The predicted octanol–water partition coefficient (Wildman–Crippen LogP) is 7.52. The fourth-order valence-electron chi connectivity index (χ4n) is 4.64. The van der Waals surface area contributed by atoms with E-state index in [9.17, 15) is 9.90 Å². The molecule has 0 amide bonds. The van der Waals surface area contributed by atoms with Gasteiger partial charge in [0.2, 0.25) is 0 Å². The topological polar surface area (TPSA) is 75.4 Å². The number of nitrogens with zero attached hydrogens (tertiary/aromatic N) is 1. The summed E-state index contributed by atoms with van der Waals surface area (Å²) in [5, 5.41) is 18.1. The van der Waals surface area contributed by atoms with Gasteiger partial charge in [0.1, 0.15) is 11.4 Å². The Kier molecular flexibility index (Phi) is 6.59. The third-order valence-corrected chi connectivity index (χ3v) is 7.36. The van der Waals surface area contributed by atoms with Crippen molar-refractivity contribution in [1.29, 1.82) is 0 Å². The highest BCUT2D eigenvalue weighted by Crippen LogP contribution is 2.48. The first-order valence-electron chi connectivity index (χ1n) is 12.3. The quantitative estimate of drug-likeness (QED) is 0.248. The number of aliphatic carboxylic acids is 1. The van der Waals surface area contributed by atoms with Crippen molar-refractivity contribution in [3.63, 3.8) is 0 Å². The summed E-state index contributed by atoms with van der Waals surface area (Å²) in [6.45, 7) is 4.11. The van der Waals surface area contributed by atoms with Crippen molar-refractivity contribution in [3.8, 4) is 22.5 Å². The molecule has 1 aliphatic carbocycles. The second-order valence-electron chi connectivity index (χ2n) is 9.72. The molecule has 0 radical (unpaired) electrons. The molecule has 1 aromatic heterocycles. The summed E-state index contributed by atoms with van der Waals surface area (Å²) < 4.78 is 5.70. The molecule has 2 N–H and O–H groups in total. The highest BCUT2D eigenvalue weighted by atomic mass is 35.5. The molecular formula is C30H29ClN2O3. The molecule has 1 saturated carbocycles. The minimum absolute atomic E-state index is 0.232. The van der Waals surface area contributed by atoms with E-state index in [4.69, 9.17) is 16.1 Å². The van der Waals surface area contributed by atoms with Crippen LogP contribution in [0.25, 0.3) is 22.5 Å². The van der Waals surface area contributed by atoms with E-state index < -0.39 is 11.4 Å². The van der Waals surface area contributed by atoms with Crippen LogP contribution in [0.15, 0.2) is 77.3 Å². The van der Waals surface area contributed by atoms with E-state index >= 15 is 0 Å². The Bertz CT molecular complexity index is 1360. The van der Waals surface area contributed by atoms with Gasteiger partial charge in [-0.2, -0.15) is 0 Å². The van der Waals surface area contributed by atoms with Crippen molar-refractivity contribution in [2.24, 2.45) is 0 Å². The van der Waals surface area contributed by atoms with Crippen molar-refractivity contribution in [1.82, 2.24) is 5.16 Å². The van der Waals surface area contributed by atoms with Crippen LogP contribution in [-0.4, -0.2) is 22.3 Å². The Morgan fingerprint density at radius 3 is 2.17 bits per heavy atom. The van der Waals surface area contributed by atoms with Crippen LogP contribution < -0.4 is 5.32 Å². The Morgan fingerprint density at radius 1 is 1.00 bits per heavy atom. The number of carboxylic acids is 1. The molecule has 5 nitrogen and oxygen atoms in total. The summed E-state index contributed by atoms with van der Waals surface area (Å²) in [6.07, 6.45) is 3.34. The molecule has 1 heterocycles. The Morgan fingerprint density at radius 2 is 1.58 bits per heavy atom. The molecule has 1 unspecified atom stereocenters. The van der Waals surface area contributed by atoms with Crippen molar-refractivity contribution < 1.29 is 14.4 Å². The van der Waals surface area contributed by atoms with Gasteiger partial charge in [-0.3, -0.25) is 4.79 Å². The number of hydrogen-bond acceptors (Lipinski definition) is 4. The standard InChI is InChI=1S/C30H29ClN2O3/c1-19(3-4-21-5-15-26(31)16-6-21)32-27-20(2)33-36-28(27)24-9-7-22(8-10-24)23-11-13-25(14-12-23)30(17-18-30)29(34)35/h5-16,19,32H,3-4,17-18H2,1-2H3,(H,34,35). The monoisotopic (exact) mass is 500 g/mol. The second kappa shape index (κ2) is 9.82. The number of rotatable bonds is 9. The number of aromatic nitrogens is 1. The Balaban J connectivity index is 1.27. The van der Waals surface area contributed by atoms with Crippen LogP contribution in [0.1, 0.15) is 43.0 Å². The maximum atomic E-state index is 11.6. The normalized spacial score (nSPS) is 14.9. The van der Waals surface area contributed by atoms with E-state index in [0.717, 1.165) is 57.3 Å². The SMILES string of the molecule is Cc1noc(-c2ccc(-c3ccc(C4(C(=O)O)CC4)cc3)cc2)c1NC(C)CCc1ccc(Cl)cc1. The Labute approximate surface area is 216 Å². The molecule has 36 heavy (non-hydrogen) atoms. The number of nitrogens with one attached hydrogen (secondary N) is 1. The molecule has 0 aliphatic heterocycles. The summed E-state index contributed by atoms with van der Waals surface area (Å²) in [7, 11) is 0. The number of benzene rings is 3. The lowest BCUT2D eigenvalue weighted by Crippen LogP contribution is -2.19. The number of hydrogen-bond donors (Lipinski definition) is 2. The third kappa shape index (κ3) is 4.89. The van der Waals surface area contributed by atoms with E-state index in [0.29, 0.717) is 12.8 Å². The van der Waals surface area contributed by atoms with Gasteiger partial charge < -0.3 is 14.9 Å². The lowest BCUT2D eigenvalue weighted by Gasteiger charge is -2.15. The van der Waals surface area contributed by atoms with Gasteiger partial charge in [0.05, 0.1) is 5.41 Å². The molecule has 0 spiro atoms. The first-order chi connectivity index (χ1) is 17.4. The number of halogens is 1. The third-order valence-electron chi connectivity index (χ3n) is 7.11. The predicted molar refractivity (Wildman–Crippen MR) is 144 cm³/mol. The first-order valence-corrected chi connectivity index (χ1v) is 12.7. The zero-order chi connectivity index (χ0) is 25.3. The van der Waals surface area contributed by atoms with Crippen molar-refractivity contribution >= 4 is 23.3 Å². The maximum Gasteiger partial charge on any atom is 0.314 e. The highest BCUT2D eigenvalue weighted by Gasteiger charge is 2.51. The fraction of sp³-hybridized carbons (Fsp3) is 0.267. The van der Waals surface area contributed by atoms with Crippen LogP contribution in [0.3, 0.4) is 0 Å². The van der Waals surface area contributed by atoms with Crippen LogP contribution in [-0.2, 0) is 16.6 Å². The second-order valence-corrected chi connectivity index (χ2v) is 10.2. The van der Waals surface area contributed by atoms with Crippen LogP contribution in [0, 0.1) is 6.92 Å². The van der Waals surface area contributed by atoms with Gasteiger partial charge >= 0.3 is 5.97 Å². The van der Waals surface area contributed by atoms with E-state index in [1.165, 1.54) is 5.56 Å². The average molecular weight is 501 g/mol. The minimum Gasteiger partial charge on any atom is -0.481 e. The summed E-state index contributed by atoms with van der Waals surface area (Å²) in [4.78, 5) is 11.6. The van der Waals surface area contributed by atoms with Crippen LogP contribution in [0.5, 0.6) is 0 Å². The molecule has 3 aromatic carbocycles. The molecule has 6 heteroatoms. The highest BCUT2D eigenvalue weighted by molar-refractivity contribution is 6.30. The minimum atomic E-state index is -0.731. The summed E-state index contributed by atoms with van der Waals surface area (Å²) in [6, 6.07) is 24.3. The lowest BCUT2D eigenvalue weighted by molar-refractivity contribution is -0.140. The molecule has 1 fully saturated rings. The van der Waals surface area contributed by atoms with Crippen LogP contribution in [0.4, 0.5) is 5.69 Å². The number of carboxylic acid groups (broad SMARTS) is 1. The van der Waals surface area contributed by atoms with Crippen LogP contribution >= 0.6 is 11.6 Å². The average Bonchev–Trinajstić information content (AvgIpc) is 3.63. The van der Waals surface area contributed by atoms with Crippen LogP contribution in [0.2, 0.25) is 5.02 Å². The number of aryl methyl sites for hydroxylation is 2. The molecule has 5 rings (SSSR count). The van der Waals surface area contributed by atoms with Crippen molar-refractivity contribution in [3.05, 3.63) is 94.6 Å². The van der Waals surface area contributed by atoms with Crippen molar-refractivity contribution in [2.75, 3.05) is 5.32 Å². The molecule has 0 bridgehead atoms. The molecule has 1 atom stereocenters. The first kappa shape index (κ1) is 24.1. The number of anilines is 1. The van der Waals surface area contributed by atoms with Gasteiger partial charge in [-0.1, -0.05) is 77.4 Å². The molecule has 4 aromatic rings. The van der Waals surface area contributed by atoms with E-state index in [2.05, 4.69) is 41.7 Å². The van der Waals surface area contributed by atoms with Gasteiger partial charge in [-0.25, -0.2) is 0 Å². The molecule has 184 valence electrons. The summed E-state index contributed by atoms with van der Waals surface area (Å²) >= 11 is 5.99. The van der Waals surface area contributed by atoms with Gasteiger partial charge in [-0.05, 0) is 73.9 Å². The fourth-order valence-corrected chi connectivity index (χ4v) is 4.76.